The first-order valence-corrected chi connectivity index (χ1v) is 10.4. The number of benzene rings is 2. The zero-order valence-corrected chi connectivity index (χ0v) is 16.2. The summed E-state index contributed by atoms with van der Waals surface area (Å²) >= 11 is 0. The van der Waals surface area contributed by atoms with Gasteiger partial charge in [-0.1, -0.05) is 49.4 Å². The van der Waals surface area contributed by atoms with Crippen LogP contribution in [-0.4, -0.2) is 13.4 Å². The molecule has 1 unspecified atom stereocenters. The van der Waals surface area contributed by atoms with Gasteiger partial charge in [0.05, 0.1) is 0 Å². The third-order valence-corrected chi connectivity index (χ3v) is 5.74. The highest BCUT2D eigenvalue weighted by atomic mass is 32.2. The van der Waals surface area contributed by atoms with E-state index in [0.717, 1.165) is 17.5 Å². The third-order valence-electron chi connectivity index (χ3n) is 4.33. The van der Waals surface area contributed by atoms with Crippen LogP contribution in [0, 0.1) is 0 Å². The minimum atomic E-state index is -3.77. The first-order valence-electron chi connectivity index (χ1n) is 8.88. The molecule has 1 heterocycles. The van der Waals surface area contributed by atoms with Crippen molar-refractivity contribution in [1.29, 1.82) is 0 Å². The molecule has 0 aliphatic heterocycles. The van der Waals surface area contributed by atoms with Crippen molar-refractivity contribution in [3.05, 3.63) is 84.1 Å². The van der Waals surface area contributed by atoms with Crippen LogP contribution in [0.5, 0.6) is 0 Å². The van der Waals surface area contributed by atoms with Crippen molar-refractivity contribution < 1.29 is 8.42 Å². The number of sulfonamides is 1. The molecule has 1 aromatic heterocycles. The summed E-state index contributed by atoms with van der Waals surface area (Å²) < 4.78 is 28.4. The molecule has 2 aromatic carbocycles. The second kappa shape index (κ2) is 8.22. The minimum absolute atomic E-state index is 0.0844. The van der Waals surface area contributed by atoms with Crippen molar-refractivity contribution >= 4 is 21.5 Å². The number of hydrogen-bond acceptors (Lipinski definition) is 4. The van der Waals surface area contributed by atoms with Gasteiger partial charge < -0.3 is 5.32 Å². The first kappa shape index (κ1) is 18.9. The summed E-state index contributed by atoms with van der Waals surface area (Å²) in [5.41, 5.74) is 2.73. The Bertz CT molecular complexity index is 987. The molecule has 6 heteroatoms. The van der Waals surface area contributed by atoms with Crippen LogP contribution in [0.3, 0.4) is 0 Å². The summed E-state index contributed by atoms with van der Waals surface area (Å²) in [7, 11) is -3.77. The number of rotatable bonds is 7. The molecule has 0 fully saturated rings. The van der Waals surface area contributed by atoms with E-state index in [-0.39, 0.29) is 10.9 Å². The predicted molar refractivity (Wildman–Crippen MR) is 109 cm³/mol. The molecule has 0 spiro atoms. The van der Waals surface area contributed by atoms with E-state index in [1.165, 1.54) is 0 Å². The maximum Gasteiger partial charge on any atom is 0.265 e. The standard InChI is InChI=1S/C21H23N3O2S/c1-3-17-11-13-19(14-12-17)24-27(25,26)20-10-7-15-22-21(20)23-16(2)18-8-5-4-6-9-18/h4-16,24H,3H2,1-2H3,(H,22,23). The van der Waals surface area contributed by atoms with Crippen LogP contribution >= 0.6 is 0 Å². The zero-order valence-electron chi connectivity index (χ0n) is 15.4. The van der Waals surface area contributed by atoms with Crippen molar-refractivity contribution in [3.63, 3.8) is 0 Å². The van der Waals surface area contributed by atoms with Crippen LogP contribution in [-0.2, 0) is 16.4 Å². The molecule has 0 amide bonds. The summed E-state index contributed by atoms with van der Waals surface area (Å²) in [6.07, 6.45) is 2.48. The van der Waals surface area contributed by atoms with Crippen molar-refractivity contribution in [2.24, 2.45) is 0 Å². The van der Waals surface area contributed by atoms with Gasteiger partial charge in [0.15, 0.2) is 0 Å². The predicted octanol–water partition coefficient (Wildman–Crippen LogP) is 4.62. The number of nitrogens with one attached hydrogen (secondary N) is 2. The van der Waals surface area contributed by atoms with Crippen molar-refractivity contribution in [3.8, 4) is 0 Å². The maximum absolute atomic E-state index is 12.9. The second-order valence-electron chi connectivity index (χ2n) is 6.28. The van der Waals surface area contributed by atoms with Gasteiger partial charge in [0.2, 0.25) is 0 Å². The van der Waals surface area contributed by atoms with Gasteiger partial charge in [-0.15, -0.1) is 0 Å². The molecule has 2 N–H and O–H groups in total. The van der Waals surface area contributed by atoms with Crippen LogP contribution in [0.25, 0.3) is 0 Å². The lowest BCUT2D eigenvalue weighted by molar-refractivity contribution is 0.601. The van der Waals surface area contributed by atoms with Gasteiger partial charge >= 0.3 is 0 Å². The quantitative estimate of drug-likeness (QED) is 0.626. The van der Waals surface area contributed by atoms with E-state index in [9.17, 15) is 8.42 Å². The Labute approximate surface area is 160 Å². The molecular formula is C21H23N3O2S. The summed E-state index contributed by atoms with van der Waals surface area (Å²) in [5.74, 6) is 0.325. The molecule has 140 valence electrons. The lowest BCUT2D eigenvalue weighted by Crippen LogP contribution is -2.17. The Kier molecular flexibility index (Phi) is 5.76. The topological polar surface area (TPSA) is 71.1 Å². The fourth-order valence-corrected chi connectivity index (χ4v) is 3.94. The monoisotopic (exact) mass is 381 g/mol. The number of pyridine rings is 1. The van der Waals surface area contributed by atoms with Crippen LogP contribution in [0.2, 0.25) is 0 Å². The van der Waals surface area contributed by atoms with Crippen LogP contribution in [0.15, 0.2) is 77.8 Å². The van der Waals surface area contributed by atoms with E-state index >= 15 is 0 Å². The lowest BCUT2D eigenvalue weighted by Gasteiger charge is -2.18. The summed E-state index contributed by atoms with van der Waals surface area (Å²) in [6, 6.07) is 20.3. The normalized spacial score (nSPS) is 12.4. The largest absolute Gasteiger partial charge is 0.362 e. The molecule has 0 saturated carbocycles. The molecule has 0 radical (unpaired) electrons. The Morgan fingerprint density at radius 3 is 2.33 bits per heavy atom. The average molecular weight is 382 g/mol. The van der Waals surface area contributed by atoms with Crippen molar-refractivity contribution in [2.75, 3.05) is 10.0 Å². The van der Waals surface area contributed by atoms with Gasteiger partial charge in [-0.25, -0.2) is 13.4 Å². The highest BCUT2D eigenvalue weighted by molar-refractivity contribution is 7.92. The Balaban J connectivity index is 1.85. The number of anilines is 2. The van der Waals surface area contributed by atoms with E-state index in [1.807, 2.05) is 49.4 Å². The molecule has 5 nitrogen and oxygen atoms in total. The van der Waals surface area contributed by atoms with E-state index in [0.29, 0.717) is 11.5 Å². The fraction of sp³-hybridized carbons (Fsp3) is 0.190. The van der Waals surface area contributed by atoms with Gasteiger partial charge in [-0.05, 0) is 48.7 Å². The zero-order chi connectivity index (χ0) is 19.3. The molecular weight excluding hydrogens is 358 g/mol. The van der Waals surface area contributed by atoms with E-state index < -0.39 is 10.0 Å². The van der Waals surface area contributed by atoms with Gasteiger partial charge in [0, 0.05) is 17.9 Å². The lowest BCUT2D eigenvalue weighted by atomic mass is 10.1. The molecule has 1 atom stereocenters. The van der Waals surface area contributed by atoms with Crippen molar-refractivity contribution in [2.45, 2.75) is 31.2 Å². The molecule has 27 heavy (non-hydrogen) atoms. The number of aromatic nitrogens is 1. The fourth-order valence-electron chi connectivity index (χ4n) is 2.76. The highest BCUT2D eigenvalue weighted by Gasteiger charge is 2.21. The van der Waals surface area contributed by atoms with Crippen LogP contribution < -0.4 is 10.0 Å². The third kappa shape index (κ3) is 4.65. The first-order chi connectivity index (χ1) is 13.0. The van der Waals surface area contributed by atoms with Gasteiger partial charge in [0.25, 0.3) is 10.0 Å². The number of nitrogens with zero attached hydrogens (tertiary/aromatic N) is 1. The molecule has 0 saturated heterocycles. The minimum Gasteiger partial charge on any atom is -0.362 e. The van der Waals surface area contributed by atoms with Gasteiger partial charge in [0.1, 0.15) is 10.7 Å². The van der Waals surface area contributed by atoms with E-state index in [2.05, 4.69) is 21.9 Å². The maximum atomic E-state index is 12.9. The van der Waals surface area contributed by atoms with Crippen LogP contribution in [0.1, 0.15) is 31.0 Å². The second-order valence-corrected chi connectivity index (χ2v) is 7.93. The molecule has 0 aliphatic carbocycles. The molecule has 3 aromatic rings. The highest BCUT2D eigenvalue weighted by Crippen LogP contribution is 2.25. The average Bonchev–Trinajstić information content (AvgIpc) is 2.69. The summed E-state index contributed by atoms with van der Waals surface area (Å²) in [4.78, 5) is 4.37. The number of hydrogen-bond donors (Lipinski definition) is 2. The van der Waals surface area contributed by atoms with E-state index in [1.54, 1.807) is 30.5 Å². The molecule has 0 bridgehead atoms. The Morgan fingerprint density at radius 1 is 0.963 bits per heavy atom. The SMILES string of the molecule is CCc1ccc(NS(=O)(=O)c2cccnc2NC(C)c2ccccc2)cc1. The summed E-state index contributed by atoms with van der Waals surface area (Å²) in [6.45, 7) is 4.03. The van der Waals surface area contributed by atoms with Crippen LogP contribution in [0.4, 0.5) is 11.5 Å². The van der Waals surface area contributed by atoms with E-state index in [4.69, 9.17) is 0 Å². The van der Waals surface area contributed by atoms with Gasteiger partial charge in [-0.3, -0.25) is 4.72 Å². The number of aryl methyl sites for hydroxylation is 1. The smallest absolute Gasteiger partial charge is 0.265 e. The summed E-state index contributed by atoms with van der Waals surface area (Å²) in [5, 5.41) is 3.21. The molecule has 0 aliphatic rings. The Morgan fingerprint density at radius 2 is 1.67 bits per heavy atom. The van der Waals surface area contributed by atoms with Gasteiger partial charge in [-0.2, -0.15) is 0 Å². The van der Waals surface area contributed by atoms with Crippen molar-refractivity contribution in [1.82, 2.24) is 4.98 Å². The Hall–Kier alpha value is -2.86. The molecule has 3 rings (SSSR count).